The topological polar surface area (TPSA) is 84.0 Å². The Labute approximate surface area is 128 Å². The average molecular weight is 303 g/mol. The summed E-state index contributed by atoms with van der Waals surface area (Å²) >= 11 is 5.95. The predicted molar refractivity (Wildman–Crippen MR) is 83.9 cm³/mol. The zero-order chi connectivity index (χ0) is 15.4. The summed E-state index contributed by atoms with van der Waals surface area (Å²) in [4.78, 5) is 4.30. The fourth-order valence-corrected chi connectivity index (χ4v) is 1.87. The number of halogens is 1. The van der Waals surface area contributed by atoms with Crippen LogP contribution in [-0.4, -0.2) is 11.1 Å². The SMILES string of the molecule is CC(C)Oc1nc(Nc2cc(Cl)ccc2C#N)ccc1N. The number of hydrogen-bond acceptors (Lipinski definition) is 5. The molecule has 0 fully saturated rings. The van der Waals surface area contributed by atoms with Crippen molar-refractivity contribution in [3.8, 4) is 11.9 Å². The van der Waals surface area contributed by atoms with Crippen LogP contribution in [0.1, 0.15) is 19.4 Å². The number of nitrogens with zero attached hydrogens (tertiary/aromatic N) is 2. The van der Waals surface area contributed by atoms with Crippen LogP contribution in [0.4, 0.5) is 17.2 Å². The molecule has 2 rings (SSSR count). The molecule has 2 aromatic rings. The highest BCUT2D eigenvalue weighted by atomic mass is 35.5. The van der Waals surface area contributed by atoms with Gasteiger partial charge in [0.25, 0.3) is 0 Å². The van der Waals surface area contributed by atoms with Crippen LogP contribution in [0.3, 0.4) is 0 Å². The summed E-state index contributed by atoms with van der Waals surface area (Å²) in [6.07, 6.45) is -0.0316. The van der Waals surface area contributed by atoms with E-state index >= 15 is 0 Å². The van der Waals surface area contributed by atoms with E-state index in [4.69, 9.17) is 27.3 Å². The molecule has 0 spiro atoms. The number of rotatable bonds is 4. The van der Waals surface area contributed by atoms with Crippen molar-refractivity contribution in [2.24, 2.45) is 0 Å². The monoisotopic (exact) mass is 302 g/mol. The molecule has 108 valence electrons. The largest absolute Gasteiger partial charge is 0.473 e. The third kappa shape index (κ3) is 3.77. The smallest absolute Gasteiger partial charge is 0.239 e. The van der Waals surface area contributed by atoms with E-state index in [0.717, 1.165) is 0 Å². The van der Waals surface area contributed by atoms with Gasteiger partial charge in [0.1, 0.15) is 11.9 Å². The van der Waals surface area contributed by atoms with E-state index in [0.29, 0.717) is 33.7 Å². The Bertz CT molecular complexity index is 695. The van der Waals surface area contributed by atoms with Crippen molar-refractivity contribution in [3.63, 3.8) is 0 Å². The number of nitrogens with one attached hydrogen (secondary N) is 1. The number of benzene rings is 1. The Morgan fingerprint density at radius 2 is 2.10 bits per heavy atom. The van der Waals surface area contributed by atoms with Crippen LogP contribution in [0.25, 0.3) is 0 Å². The van der Waals surface area contributed by atoms with Crippen molar-refractivity contribution in [1.29, 1.82) is 5.26 Å². The van der Waals surface area contributed by atoms with Crippen molar-refractivity contribution < 1.29 is 4.74 Å². The van der Waals surface area contributed by atoms with Gasteiger partial charge in [0.05, 0.1) is 23.0 Å². The van der Waals surface area contributed by atoms with Crippen LogP contribution in [0.5, 0.6) is 5.88 Å². The van der Waals surface area contributed by atoms with Gasteiger partial charge in [-0.2, -0.15) is 10.2 Å². The molecule has 3 N–H and O–H groups in total. The van der Waals surface area contributed by atoms with E-state index in [-0.39, 0.29) is 6.10 Å². The van der Waals surface area contributed by atoms with E-state index in [2.05, 4.69) is 16.4 Å². The molecule has 0 amide bonds. The van der Waals surface area contributed by atoms with Crippen molar-refractivity contribution in [3.05, 3.63) is 40.9 Å². The molecule has 0 saturated heterocycles. The minimum absolute atomic E-state index is 0.0316. The minimum Gasteiger partial charge on any atom is -0.473 e. The van der Waals surface area contributed by atoms with Crippen LogP contribution in [0.15, 0.2) is 30.3 Å². The van der Waals surface area contributed by atoms with Gasteiger partial charge in [-0.05, 0) is 44.2 Å². The summed E-state index contributed by atoms with van der Waals surface area (Å²) in [5.41, 5.74) is 7.34. The summed E-state index contributed by atoms with van der Waals surface area (Å²) in [6.45, 7) is 3.79. The number of hydrogen-bond donors (Lipinski definition) is 2. The molecule has 6 heteroatoms. The minimum atomic E-state index is -0.0316. The van der Waals surface area contributed by atoms with Crippen molar-refractivity contribution in [1.82, 2.24) is 4.98 Å². The van der Waals surface area contributed by atoms with Gasteiger partial charge >= 0.3 is 0 Å². The highest BCUT2D eigenvalue weighted by Gasteiger charge is 2.09. The molecule has 0 aliphatic rings. The third-order valence-corrected chi connectivity index (χ3v) is 2.84. The van der Waals surface area contributed by atoms with Crippen LogP contribution in [-0.2, 0) is 0 Å². The number of anilines is 3. The Kier molecular flexibility index (Phi) is 4.51. The first kappa shape index (κ1) is 14.9. The van der Waals surface area contributed by atoms with Crippen LogP contribution in [0, 0.1) is 11.3 Å². The zero-order valence-corrected chi connectivity index (χ0v) is 12.5. The summed E-state index contributed by atoms with van der Waals surface area (Å²) in [5.74, 6) is 0.883. The highest BCUT2D eigenvalue weighted by Crippen LogP contribution is 2.27. The molecular weight excluding hydrogens is 288 g/mol. The van der Waals surface area contributed by atoms with Gasteiger partial charge in [0.2, 0.25) is 5.88 Å². The highest BCUT2D eigenvalue weighted by molar-refractivity contribution is 6.30. The second-order valence-corrected chi connectivity index (χ2v) is 5.12. The quantitative estimate of drug-likeness (QED) is 0.899. The lowest BCUT2D eigenvalue weighted by Crippen LogP contribution is -2.09. The molecule has 1 heterocycles. The first-order valence-corrected chi connectivity index (χ1v) is 6.77. The average Bonchev–Trinajstić information content (AvgIpc) is 2.42. The number of aromatic nitrogens is 1. The van der Waals surface area contributed by atoms with E-state index in [9.17, 15) is 0 Å². The van der Waals surface area contributed by atoms with E-state index in [1.807, 2.05) is 13.8 Å². The summed E-state index contributed by atoms with van der Waals surface area (Å²) in [5, 5.41) is 12.7. The maximum atomic E-state index is 9.11. The fraction of sp³-hybridized carbons (Fsp3) is 0.200. The number of ether oxygens (including phenoxy) is 1. The molecule has 0 unspecified atom stereocenters. The molecule has 0 saturated carbocycles. The van der Waals surface area contributed by atoms with Gasteiger partial charge in [-0.1, -0.05) is 11.6 Å². The van der Waals surface area contributed by atoms with Gasteiger partial charge in [-0.15, -0.1) is 0 Å². The van der Waals surface area contributed by atoms with Gasteiger partial charge < -0.3 is 15.8 Å². The lowest BCUT2D eigenvalue weighted by molar-refractivity contribution is 0.234. The molecular formula is C15H15ClN4O. The van der Waals surface area contributed by atoms with E-state index < -0.39 is 0 Å². The van der Waals surface area contributed by atoms with Crippen LogP contribution >= 0.6 is 11.6 Å². The molecule has 0 aliphatic heterocycles. The first-order chi connectivity index (χ1) is 9.99. The van der Waals surface area contributed by atoms with Gasteiger partial charge in [-0.3, -0.25) is 0 Å². The van der Waals surface area contributed by atoms with Crippen molar-refractivity contribution in [2.75, 3.05) is 11.1 Å². The predicted octanol–water partition coefficient (Wildman–Crippen LogP) is 3.72. The molecule has 5 nitrogen and oxygen atoms in total. The number of nitrogen functional groups attached to an aromatic ring is 1. The van der Waals surface area contributed by atoms with Crippen molar-refractivity contribution >= 4 is 28.8 Å². The second-order valence-electron chi connectivity index (χ2n) is 4.68. The third-order valence-electron chi connectivity index (χ3n) is 2.60. The Balaban J connectivity index is 2.32. The number of pyridine rings is 1. The maximum Gasteiger partial charge on any atom is 0.239 e. The van der Waals surface area contributed by atoms with E-state index in [1.54, 1.807) is 30.3 Å². The molecule has 0 atom stereocenters. The van der Waals surface area contributed by atoms with Gasteiger partial charge in [0, 0.05) is 5.02 Å². The zero-order valence-electron chi connectivity index (χ0n) is 11.7. The summed E-state index contributed by atoms with van der Waals surface area (Å²) in [6, 6.07) is 10.5. The molecule has 0 aliphatic carbocycles. The Hall–Kier alpha value is -2.45. The summed E-state index contributed by atoms with van der Waals surface area (Å²) < 4.78 is 5.54. The van der Waals surface area contributed by atoms with Crippen LogP contribution in [0.2, 0.25) is 5.02 Å². The summed E-state index contributed by atoms with van der Waals surface area (Å²) in [7, 11) is 0. The number of nitrogens with two attached hydrogens (primary N) is 1. The molecule has 0 bridgehead atoms. The fourth-order valence-electron chi connectivity index (χ4n) is 1.69. The van der Waals surface area contributed by atoms with Gasteiger partial charge in [-0.25, -0.2) is 0 Å². The molecule has 1 aromatic carbocycles. The first-order valence-electron chi connectivity index (χ1n) is 6.39. The van der Waals surface area contributed by atoms with Crippen LogP contribution < -0.4 is 15.8 Å². The maximum absolute atomic E-state index is 9.11. The standard InChI is InChI=1S/C15H15ClN4O/c1-9(2)21-15-12(18)5-6-14(20-15)19-13-7-11(16)4-3-10(13)8-17/h3-7,9H,18H2,1-2H3,(H,19,20). The van der Waals surface area contributed by atoms with E-state index in [1.165, 1.54) is 0 Å². The van der Waals surface area contributed by atoms with Gasteiger partial charge in [0.15, 0.2) is 0 Å². The Morgan fingerprint density at radius 3 is 2.76 bits per heavy atom. The number of nitriles is 1. The molecule has 1 aromatic heterocycles. The molecule has 0 radical (unpaired) electrons. The lowest BCUT2D eigenvalue weighted by Gasteiger charge is -2.13. The normalized spacial score (nSPS) is 10.2. The molecule has 21 heavy (non-hydrogen) atoms. The Morgan fingerprint density at radius 1 is 1.33 bits per heavy atom. The van der Waals surface area contributed by atoms with Crippen molar-refractivity contribution in [2.45, 2.75) is 20.0 Å². The second kappa shape index (κ2) is 6.33. The lowest BCUT2D eigenvalue weighted by atomic mass is 10.2.